The summed E-state index contributed by atoms with van der Waals surface area (Å²) in [6.07, 6.45) is -0.253. The summed E-state index contributed by atoms with van der Waals surface area (Å²) in [4.78, 5) is 20.3. The average Bonchev–Trinajstić information content (AvgIpc) is 1.57. The van der Waals surface area contributed by atoms with E-state index in [0.29, 0.717) is 11.0 Å². The maximum absolute atomic E-state index is 10.1. The van der Waals surface area contributed by atoms with Crippen molar-refractivity contribution in [3.63, 3.8) is 0 Å². The third-order valence-corrected chi connectivity index (χ3v) is 1.79. The van der Waals surface area contributed by atoms with E-state index in [4.69, 9.17) is 0 Å². The van der Waals surface area contributed by atoms with Crippen LogP contribution in [0.25, 0.3) is 0 Å². The minimum absolute atomic E-state index is 0.253. The third-order valence-electron chi connectivity index (χ3n) is 1.04. The quantitative estimate of drug-likeness (QED) is 0.383. The van der Waals surface area contributed by atoms with E-state index < -0.39 is 7.60 Å². The Kier molecular flexibility index (Phi) is 3.04. The molecule has 0 spiro atoms. The molecule has 0 unspecified atom stereocenters. The molecule has 0 aromatic rings. The Hall–Kier alpha value is 0.110. The van der Waals surface area contributed by atoms with E-state index in [9.17, 15) is 14.4 Å². The molecule has 0 aromatic heterocycles. The van der Waals surface area contributed by atoms with Gasteiger partial charge < -0.3 is 18.8 Å². The van der Waals surface area contributed by atoms with Crippen molar-refractivity contribution in [3.8, 4) is 0 Å². The summed E-state index contributed by atoms with van der Waals surface area (Å²) >= 11 is 0. The molecule has 0 N–H and O–H groups in total. The van der Waals surface area contributed by atoms with E-state index in [1.54, 1.807) is 0 Å². The van der Waals surface area contributed by atoms with Gasteiger partial charge in [0.05, 0.1) is 27.7 Å². The molecule has 0 heterocycles. The normalized spacial score (nSPS) is 13.7. The summed E-state index contributed by atoms with van der Waals surface area (Å²) in [5, 5.41) is 0. The van der Waals surface area contributed by atoms with Crippen LogP contribution in [-0.4, -0.2) is 38.3 Å². The van der Waals surface area contributed by atoms with Crippen LogP contribution in [0.4, 0.5) is 0 Å². The van der Waals surface area contributed by atoms with E-state index >= 15 is 0 Å². The first-order valence-corrected chi connectivity index (χ1v) is 4.75. The van der Waals surface area contributed by atoms with Crippen LogP contribution >= 0.6 is 7.60 Å². The van der Waals surface area contributed by atoms with Crippen molar-refractivity contribution in [1.82, 2.24) is 0 Å². The van der Waals surface area contributed by atoms with Gasteiger partial charge in [0, 0.05) is 6.16 Å². The number of rotatable bonds is 3. The minimum atomic E-state index is -4.28. The van der Waals surface area contributed by atoms with Gasteiger partial charge in [-0.15, -0.1) is 0 Å². The van der Waals surface area contributed by atoms with Gasteiger partial charge in [0.2, 0.25) is 0 Å². The monoisotopic (exact) mass is 166 g/mol. The van der Waals surface area contributed by atoms with Crippen LogP contribution in [0, 0.1) is 0 Å². The number of nitrogens with zero attached hydrogens (tertiary/aromatic N) is 1. The summed E-state index contributed by atoms with van der Waals surface area (Å²) in [7, 11) is 1.25. The zero-order chi connectivity index (χ0) is 8.41. The lowest BCUT2D eigenvalue weighted by atomic mass is 10.6. The highest BCUT2D eigenvalue weighted by molar-refractivity contribution is 7.48. The first kappa shape index (κ1) is 10.1. The molecule has 0 aliphatic carbocycles. The fourth-order valence-electron chi connectivity index (χ4n) is 0.422. The molecule has 4 nitrogen and oxygen atoms in total. The Labute approximate surface area is 61.2 Å². The lowest BCUT2D eigenvalue weighted by molar-refractivity contribution is -0.868. The van der Waals surface area contributed by atoms with Crippen molar-refractivity contribution in [3.05, 3.63) is 0 Å². The van der Waals surface area contributed by atoms with Gasteiger partial charge in [-0.2, -0.15) is 0 Å². The second-order valence-corrected chi connectivity index (χ2v) is 5.02. The zero-order valence-corrected chi connectivity index (χ0v) is 7.43. The molecule has 0 rings (SSSR count). The average molecular weight is 166 g/mol. The lowest BCUT2D eigenvalue weighted by Crippen LogP contribution is -2.38. The molecule has 5 heteroatoms. The van der Waals surface area contributed by atoms with E-state index in [1.807, 2.05) is 21.1 Å². The Morgan fingerprint density at radius 2 is 1.70 bits per heavy atom. The second-order valence-electron chi connectivity index (χ2n) is 3.35. The fourth-order valence-corrected chi connectivity index (χ4v) is 1.27. The zero-order valence-electron chi connectivity index (χ0n) is 6.53. The van der Waals surface area contributed by atoms with E-state index in [0.717, 1.165) is 0 Å². The third kappa shape index (κ3) is 8.11. The largest absolute Gasteiger partial charge is 0.811 e. The molecule has 0 saturated carbocycles. The Balaban J connectivity index is 3.67. The van der Waals surface area contributed by atoms with E-state index in [-0.39, 0.29) is 6.16 Å². The predicted octanol–water partition coefficient (Wildman–Crippen LogP) is -1.39. The van der Waals surface area contributed by atoms with Gasteiger partial charge in [0.15, 0.2) is 0 Å². The molecule has 0 fully saturated rings. The van der Waals surface area contributed by atoms with Crippen LogP contribution < -0.4 is 9.79 Å². The molecule has 0 saturated heterocycles. The predicted molar refractivity (Wildman–Crippen MR) is 35.4 cm³/mol. The van der Waals surface area contributed by atoms with Crippen LogP contribution in [0.1, 0.15) is 0 Å². The second kappa shape index (κ2) is 3.01. The van der Waals surface area contributed by atoms with Gasteiger partial charge in [-0.05, 0) is 0 Å². The minimum Gasteiger partial charge on any atom is -0.811 e. The Morgan fingerprint density at radius 1 is 1.30 bits per heavy atom. The maximum atomic E-state index is 10.1. The summed E-state index contributed by atoms with van der Waals surface area (Å²) in [6, 6.07) is 0. The highest BCUT2D eigenvalue weighted by Crippen LogP contribution is 2.22. The Bertz CT molecular complexity index is 145. The van der Waals surface area contributed by atoms with Crippen molar-refractivity contribution in [2.45, 2.75) is 0 Å². The SMILES string of the molecule is C[N+](C)(C)CCP(=O)([O-])[O-]. The molecule has 62 valence electrons. The lowest BCUT2D eigenvalue weighted by Gasteiger charge is -2.33. The number of hydrogen-bond acceptors (Lipinski definition) is 3. The molecule has 0 atom stereocenters. The van der Waals surface area contributed by atoms with Gasteiger partial charge >= 0.3 is 0 Å². The molecular weight excluding hydrogens is 153 g/mol. The number of quaternary nitrogens is 1. The van der Waals surface area contributed by atoms with Crippen molar-refractivity contribution in [1.29, 1.82) is 0 Å². The van der Waals surface area contributed by atoms with Gasteiger partial charge in [-0.25, -0.2) is 0 Å². The van der Waals surface area contributed by atoms with Crippen LogP contribution in [0.5, 0.6) is 0 Å². The molecule has 0 amide bonds. The van der Waals surface area contributed by atoms with Gasteiger partial charge in [0.25, 0.3) is 0 Å². The van der Waals surface area contributed by atoms with Gasteiger partial charge in [-0.1, -0.05) is 7.60 Å². The summed E-state index contributed by atoms with van der Waals surface area (Å²) in [5.74, 6) is 0. The molecular formula is C5H13NO3P-. The molecule has 10 heavy (non-hydrogen) atoms. The van der Waals surface area contributed by atoms with Crippen molar-refractivity contribution in [2.24, 2.45) is 0 Å². The summed E-state index contributed by atoms with van der Waals surface area (Å²) < 4.78 is 10.6. The molecule has 0 aliphatic heterocycles. The standard InChI is InChI=1S/C5H14NO3P/c1-6(2,3)4-5-10(7,8)9/h4-5H2,1-3H3,(H-,7,8,9)/p-1. The van der Waals surface area contributed by atoms with Crippen molar-refractivity contribution in [2.75, 3.05) is 33.8 Å². The summed E-state index contributed by atoms with van der Waals surface area (Å²) in [6.45, 7) is 0.379. The van der Waals surface area contributed by atoms with Gasteiger partial charge in [-0.3, -0.25) is 0 Å². The van der Waals surface area contributed by atoms with Gasteiger partial charge in [0.1, 0.15) is 0 Å². The Morgan fingerprint density at radius 3 is 1.80 bits per heavy atom. The van der Waals surface area contributed by atoms with Crippen LogP contribution in [0.2, 0.25) is 0 Å². The van der Waals surface area contributed by atoms with Crippen molar-refractivity contribution < 1.29 is 18.8 Å². The maximum Gasteiger partial charge on any atom is 0.0827 e. The molecule has 0 radical (unpaired) electrons. The molecule has 0 aliphatic rings. The smallest absolute Gasteiger partial charge is 0.0827 e. The first-order valence-electron chi connectivity index (χ1n) is 3.02. The number of hydrogen-bond donors (Lipinski definition) is 0. The van der Waals surface area contributed by atoms with Crippen molar-refractivity contribution >= 4 is 7.60 Å². The fraction of sp³-hybridized carbons (Fsp3) is 1.00. The first-order chi connectivity index (χ1) is 4.21. The van der Waals surface area contributed by atoms with E-state index in [1.165, 1.54) is 0 Å². The molecule has 0 bridgehead atoms. The summed E-state index contributed by atoms with van der Waals surface area (Å²) in [5.41, 5.74) is 0. The van der Waals surface area contributed by atoms with Crippen LogP contribution in [-0.2, 0) is 4.57 Å². The van der Waals surface area contributed by atoms with Crippen LogP contribution in [0.15, 0.2) is 0 Å². The molecule has 0 aromatic carbocycles. The highest BCUT2D eigenvalue weighted by atomic mass is 31.2. The van der Waals surface area contributed by atoms with E-state index in [2.05, 4.69) is 0 Å². The highest BCUT2D eigenvalue weighted by Gasteiger charge is 2.06. The topological polar surface area (TPSA) is 63.2 Å². The van der Waals surface area contributed by atoms with Crippen LogP contribution in [0.3, 0.4) is 0 Å².